The molecule has 1 aromatic carbocycles. The molecule has 3 nitrogen and oxygen atoms in total. The number of nitrogens with zero attached hydrogens (tertiary/aromatic N) is 1. The number of nitriles is 1. The molecule has 0 aliphatic carbocycles. The van der Waals surface area contributed by atoms with E-state index in [1.54, 1.807) is 6.07 Å². The van der Waals surface area contributed by atoms with Gasteiger partial charge in [0.1, 0.15) is 11.8 Å². The number of hydrogen-bond donors (Lipinski definition) is 1. The molecule has 0 aromatic heterocycles. The van der Waals surface area contributed by atoms with Crippen LogP contribution in [-0.2, 0) is 4.79 Å². The van der Waals surface area contributed by atoms with Crippen LogP contribution in [0.1, 0.15) is 11.1 Å². The summed E-state index contributed by atoms with van der Waals surface area (Å²) < 4.78 is 72.9. The van der Waals surface area contributed by atoms with Crippen LogP contribution < -0.4 is 0 Å². The van der Waals surface area contributed by atoms with Crippen molar-refractivity contribution in [3.8, 4) is 6.07 Å². The Morgan fingerprint density at radius 3 is 2.35 bits per heavy atom. The molecule has 0 aliphatic rings. The highest BCUT2D eigenvalue weighted by atomic mass is 32.2. The van der Waals surface area contributed by atoms with Crippen molar-refractivity contribution in [1.29, 1.82) is 5.26 Å². The second kappa shape index (κ2) is 6.95. The highest BCUT2D eigenvalue weighted by molar-refractivity contribution is 7.99. The molecule has 0 spiro atoms. The molecular weight excluding hydrogens is 348 g/mol. The fraction of sp³-hybridized carbons (Fsp3) is 0.231. The van der Waals surface area contributed by atoms with Gasteiger partial charge in [0.05, 0.1) is 11.3 Å². The van der Waals surface area contributed by atoms with E-state index in [9.17, 15) is 36.2 Å². The summed E-state index contributed by atoms with van der Waals surface area (Å²) in [6, 6.07) is 4.59. The van der Waals surface area contributed by atoms with Crippen LogP contribution in [0, 0.1) is 11.3 Å². The van der Waals surface area contributed by atoms with Crippen molar-refractivity contribution >= 4 is 23.3 Å². The molecule has 1 aromatic rings. The van der Waals surface area contributed by atoms with Crippen LogP contribution in [0.5, 0.6) is 0 Å². The average molecular weight is 355 g/mol. The normalized spacial score (nSPS) is 12.8. The number of hydrogen-bond acceptors (Lipinski definition) is 4. The minimum absolute atomic E-state index is 0.0837. The number of halogens is 6. The maximum Gasteiger partial charge on any atom is 0.454 e. The monoisotopic (exact) mass is 355 g/mol. The molecule has 1 rings (SSSR count). The van der Waals surface area contributed by atoms with E-state index in [-0.39, 0.29) is 33.9 Å². The van der Waals surface area contributed by atoms with Gasteiger partial charge >= 0.3 is 12.4 Å². The maximum atomic E-state index is 12.2. The lowest BCUT2D eigenvalue weighted by molar-refractivity contribution is -0.165. The zero-order chi connectivity index (χ0) is 17.8. The minimum Gasteiger partial charge on any atom is -0.507 e. The highest BCUT2D eigenvalue weighted by Crippen LogP contribution is 2.31. The van der Waals surface area contributed by atoms with E-state index in [0.29, 0.717) is 0 Å². The van der Waals surface area contributed by atoms with Gasteiger partial charge in [-0.05, 0) is 18.2 Å². The molecule has 23 heavy (non-hydrogen) atoms. The van der Waals surface area contributed by atoms with E-state index >= 15 is 0 Å². The summed E-state index contributed by atoms with van der Waals surface area (Å²) in [6.07, 6.45) is -9.79. The van der Waals surface area contributed by atoms with Crippen LogP contribution in [0.2, 0.25) is 0 Å². The van der Waals surface area contributed by atoms with E-state index in [2.05, 4.69) is 0 Å². The molecule has 0 atom stereocenters. The Kier molecular flexibility index (Phi) is 5.71. The van der Waals surface area contributed by atoms with E-state index in [1.165, 1.54) is 0 Å². The van der Waals surface area contributed by atoms with Crippen LogP contribution >= 0.6 is 11.8 Å². The third-order valence-corrected chi connectivity index (χ3v) is 3.46. The van der Waals surface area contributed by atoms with Crippen LogP contribution in [0.3, 0.4) is 0 Å². The number of allylic oxidation sites excluding steroid dienone is 1. The Bertz CT molecular complexity index is 673. The summed E-state index contributed by atoms with van der Waals surface area (Å²) in [5, 5.41) is 18.3. The number of aliphatic hydroxyl groups excluding tert-OH is 1. The van der Waals surface area contributed by atoms with Crippen molar-refractivity contribution in [1.82, 2.24) is 0 Å². The SMILES string of the molecule is N#Cc1ccc(C(O)=CC(=O)C(F)(F)F)cc1SCC(F)(F)F. The van der Waals surface area contributed by atoms with Gasteiger partial charge in [0.2, 0.25) is 0 Å². The first-order valence-corrected chi connectivity index (χ1v) is 6.68. The van der Waals surface area contributed by atoms with Gasteiger partial charge in [-0.15, -0.1) is 11.8 Å². The number of aliphatic hydroxyl groups is 1. The quantitative estimate of drug-likeness (QED) is 0.380. The first-order valence-electron chi connectivity index (χ1n) is 5.70. The third kappa shape index (κ3) is 5.86. The second-order valence-electron chi connectivity index (χ2n) is 4.12. The molecule has 124 valence electrons. The number of thioether (sulfide) groups is 1. The predicted molar refractivity (Wildman–Crippen MR) is 69.6 cm³/mol. The van der Waals surface area contributed by atoms with E-state index < -0.39 is 29.6 Å². The number of carbonyl (C=O) groups excluding carboxylic acids is 1. The number of rotatable bonds is 4. The molecular formula is C13H7F6NO2S. The van der Waals surface area contributed by atoms with E-state index in [0.717, 1.165) is 18.2 Å². The highest BCUT2D eigenvalue weighted by Gasteiger charge is 2.37. The van der Waals surface area contributed by atoms with Crippen molar-refractivity contribution in [2.75, 3.05) is 5.75 Å². The zero-order valence-corrected chi connectivity index (χ0v) is 11.8. The molecule has 0 amide bonds. The molecule has 1 N–H and O–H groups in total. The van der Waals surface area contributed by atoms with Gasteiger partial charge in [-0.1, -0.05) is 0 Å². The van der Waals surface area contributed by atoms with Crippen molar-refractivity contribution in [3.63, 3.8) is 0 Å². The lowest BCUT2D eigenvalue weighted by Crippen LogP contribution is -2.20. The summed E-state index contributed by atoms with van der Waals surface area (Å²) in [7, 11) is 0. The van der Waals surface area contributed by atoms with E-state index in [1.807, 2.05) is 0 Å². The molecule has 0 saturated carbocycles. The van der Waals surface area contributed by atoms with Gasteiger partial charge in [-0.2, -0.15) is 31.6 Å². The van der Waals surface area contributed by atoms with Gasteiger partial charge in [0.15, 0.2) is 0 Å². The molecule has 0 bridgehead atoms. The van der Waals surface area contributed by atoms with Crippen LogP contribution in [0.25, 0.3) is 5.76 Å². The summed E-state index contributed by atoms with van der Waals surface area (Å²) in [5.41, 5.74) is -0.454. The average Bonchev–Trinajstić information content (AvgIpc) is 2.42. The Morgan fingerprint density at radius 2 is 1.87 bits per heavy atom. The Morgan fingerprint density at radius 1 is 1.26 bits per heavy atom. The molecule has 10 heteroatoms. The Balaban J connectivity index is 3.13. The smallest absolute Gasteiger partial charge is 0.454 e. The van der Waals surface area contributed by atoms with Crippen LogP contribution in [0.4, 0.5) is 26.3 Å². The fourth-order valence-electron chi connectivity index (χ4n) is 1.34. The maximum absolute atomic E-state index is 12.2. The van der Waals surface area contributed by atoms with Crippen molar-refractivity contribution in [3.05, 3.63) is 35.4 Å². The molecule has 0 radical (unpaired) electrons. The Labute approximate surface area is 130 Å². The standard InChI is InChI=1S/C13H7F6NO2S/c14-12(15,16)6-23-10-3-7(1-2-8(10)5-20)9(21)4-11(22)13(17,18)19/h1-4,21H,6H2. The van der Waals surface area contributed by atoms with Crippen LogP contribution in [-0.4, -0.2) is 29.0 Å². The lowest BCUT2D eigenvalue weighted by Gasteiger charge is -2.09. The van der Waals surface area contributed by atoms with Gasteiger partial charge in [-0.3, -0.25) is 4.79 Å². The van der Waals surface area contributed by atoms with Gasteiger partial charge < -0.3 is 5.11 Å². The van der Waals surface area contributed by atoms with Crippen molar-refractivity contribution < 1.29 is 36.2 Å². The molecule has 0 unspecified atom stereocenters. The first kappa shape index (κ1) is 18.9. The van der Waals surface area contributed by atoms with Crippen LogP contribution in [0.15, 0.2) is 29.2 Å². The lowest BCUT2D eigenvalue weighted by atomic mass is 10.1. The molecule has 0 heterocycles. The number of alkyl halides is 6. The largest absolute Gasteiger partial charge is 0.507 e. The summed E-state index contributed by atoms with van der Waals surface area (Å²) in [6.45, 7) is 0. The number of benzene rings is 1. The summed E-state index contributed by atoms with van der Waals surface area (Å²) in [4.78, 5) is 10.6. The van der Waals surface area contributed by atoms with Crippen molar-refractivity contribution in [2.45, 2.75) is 17.2 Å². The van der Waals surface area contributed by atoms with Gasteiger partial charge in [-0.25, -0.2) is 0 Å². The fourth-order valence-corrected chi connectivity index (χ4v) is 2.14. The molecule has 0 saturated heterocycles. The van der Waals surface area contributed by atoms with Gasteiger partial charge in [0.25, 0.3) is 5.78 Å². The molecule has 0 aliphatic heterocycles. The number of ketones is 1. The number of carbonyl (C=O) groups is 1. The van der Waals surface area contributed by atoms with E-state index in [4.69, 9.17) is 5.26 Å². The van der Waals surface area contributed by atoms with Gasteiger partial charge in [0, 0.05) is 16.5 Å². The van der Waals surface area contributed by atoms with Crippen molar-refractivity contribution in [2.24, 2.45) is 0 Å². The summed E-state index contributed by atoms with van der Waals surface area (Å²) in [5.74, 6) is -4.70. The minimum atomic E-state index is -5.19. The topological polar surface area (TPSA) is 61.1 Å². The summed E-state index contributed by atoms with van der Waals surface area (Å²) >= 11 is 0.242. The Hall–Kier alpha value is -2.15. The third-order valence-electron chi connectivity index (χ3n) is 2.34. The molecule has 0 fully saturated rings. The first-order chi connectivity index (χ1) is 10.4. The second-order valence-corrected chi connectivity index (χ2v) is 5.14. The predicted octanol–water partition coefficient (Wildman–Crippen LogP) is 4.24. The zero-order valence-electron chi connectivity index (χ0n) is 11.0.